The summed E-state index contributed by atoms with van der Waals surface area (Å²) in [5, 5.41) is 5.51. The van der Waals surface area contributed by atoms with Crippen LogP contribution in [0.3, 0.4) is 0 Å². The number of hydrogen-bond acceptors (Lipinski definition) is 3. The Morgan fingerprint density at radius 1 is 1.19 bits per heavy atom. The van der Waals surface area contributed by atoms with E-state index in [4.69, 9.17) is 0 Å². The van der Waals surface area contributed by atoms with Crippen LogP contribution >= 0.6 is 11.3 Å². The molecule has 134 valence electrons. The van der Waals surface area contributed by atoms with Crippen molar-refractivity contribution in [3.8, 4) is 11.3 Å². The van der Waals surface area contributed by atoms with Crippen molar-refractivity contribution in [1.29, 1.82) is 0 Å². The van der Waals surface area contributed by atoms with Crippen LogP contribution in [-0.4, -0.2) is 15.5 Å². The van der Waals surface area contributed by atoms with E-state index in [0.717, 1.165) is 34.6 Å². The second-order valence-corrected chi connectivity index (χ2v) is 7.41. The molecule has 5 heteroatoms. The summed E-state index contributed by atoms with van der Waals surface area (Å²) < 4.78 is 2.20. The van der Waals surface area contributed by atoms with Crippen LogP contribution in [0.25, 0.3) is 11.3 Å². The third-order valence-corrected chi connectivity index (χ3v) is 5.13. The highest BCUT2D eigenvalue weighted by Crippen LogP contribution is 2.30. The first kappa shape index (κ1) is 18.1. The van der Waals surface area contributed by atoms with Gasteiger partial charge < -0.3 is 4.57 Å². The van der Waals surface area contributed by atoms with Gasteiger partial charge in [0.25, 0.3) is 5.91 Å². The van der Waals surface area contributed by atoms with Crippen LogP contribution in [0.5, 0.6) is 0 Å². The normalized spacial score (nSPS) is 10.8. The monoisotopic (exact) mass is 365 g/mol. The molecule has 0 unspecified atom stereocenters. The van der Waals surface area contributed by atoms with E-state index < -0.39 is 0 Å². The number of allylic oxidation sites excluding steroid dienone is 1. The Balaban J connectivity index is 1.83. The molecule has 1 aromatic carbocycles. The van der Waals surface area contributed by atoms with E-state index in [-0.39, 0.29) is 5.91 Å². The molecular formula is C21H23N3OS. The van der Waals surface area contributed by atoms with E-state index >= 15 is 0 Å². The molecule has 3 aromatic rings. The van der Waals surface area contributed by atoms with E-state index in [1.165, 1.54) is 17.0 Å². The molecule has 0 bridgehead atoms. The third-order valence-electron chi connectivity index (χ3n) is 4.37. The maximum absolute atomic E-state index is 12.5. The minimum Gasteiger partial charge on any atom is -0.345 e. The number of carbonyl (C=O) groups excluding carboxylic acids is 1. The van der Waals surface area contributed by atoms with Gasteiger partial charge in [0.2, 0.25) is 0 Å². The van der Waals surface area contributed by atoms with Crippen molar-refractivity contribution in [3.63, 3.8) is 0 Å². The highest BCUT2D eigenvalue weighted by atomic mass is 32.1. The van der Waals surface area contributed by atoms with Crippen molar-refractivity contribution in [3.05, 3.63) is 70.4 Å². The average molecular weight is 366 g/mol. The number of anilines is 1. The highest BCUT2D eigenvalue weighted by molar-refractivity contribution is 7.14. The largest absolute Gasteiger partial charge is 0.345 e. The summed E-state index contributed by atoms with van der Waals surface area (Å²) in [6.07, 6.45) is 1.89. The van der Waals surface area contributed by atoms with Crippen LogP contribution in [0.2, 0.25) is 0 Å². The second kappa shape index (κ2) is 7.30. The molecule has 26 heavy (non-hydrogen) atoms. The number of nitrogens with one attached hydrogen (secondary N) is 1. The van der Waals surface area contributed by atoms with Crippen LogP contribution in [0, 0.1) is 27.7 Å². The predicted molar refractivity (Wildman–Crippen MR) is 109 cm³/mol. The van der Waals surface area contributed by atoms with Crippen molar-refractivity contribution >= 4 is 22.4 Å². The van der Waals surface area contributed by atoms with E-state index in [2.05, 4.69) is 47.4 Å². The van der Waals surface area contributed by atoms with Gasteiger partial charge in [-0.15, -0.1) is 17.9 Å². The zero-order valence-corrected chi connectivity index (χ0v) is 16.4. The summed E-state index contributed by atoms with van der Waals surface area (Å²) in [4.78, 5) is 17.1. The lowest BCUT2D eigenvalue weighted by molar-refractivity contribution is 0.102. The van der Waals surface area contributed by atoms with Gasteiger partial charge >= 0.3 is 0 Å². The Morgan fingerprint density at radius 3 is 2.54 bits per heavy atom. The quantitative estimate of drug-likeness (QED) is 0.625. The molecule has 0 saturated heterocycles. The summed E-state index contributed by atoms with van der Waals surface area (Å²) in [5.41, 5.74) is 7.10. The van der Waals surface area contributed by atoms with Crippen LogP contribution in [0.15, 0.2) is 42.3 Å². The maximum atomic E-state index is 12.5. The van der Waals surface area contributed by atoms with Gasteiger partial charge in [-0.25, -0.2) is 4.98 Å². The topological polar surface area (TPSA) is 46.9 Å². The summed E-state index contributed by atoms with van der Waals surface area (Å²) in [6.45, 7) is 12.7. The average Bonchev–Trinajstić information content (AvgIpc) is 3.13. The number of nitrogens with zero attached hydrogens (tertiary/aromatic N) is 2. The Bertz CT molecular complexity index is 961. The van der Waals surface area contributed by atoms with E-state index in [1.54, 1.807) is 0 Å². The molecule has 1 N–H and O–H groups in total. The number of aromatic nitrogens is 2. The number of thiazole rings is 1. The standard InChI is InChI=1S/C21H23N3OS/c1-6-7-24-15(4)11-18(16(24)5)19-12-26-21(22-19)23-20(25)17-9-13(2)8-14(3)10-17/h6,8-12H,1,7H2,2-5H3,(H,22,23,25). The molecule has 0 fully saturated rings. The van der Waals surface area contributed by atoms with Gasteiger partial charge in [-0.2, -0.15) is 0 Å². The van der Waals surface area contributed by atoms with Gasteiger partial charge in [0.1, 0.15) is 0 Å². The molecule has 2 heterocycles. The Labute approximate surface area is 158 Å². The highest BCUT2D eigenvalue weighted by Gasteiger charge is 2.15. The van der Waals surface area contributed by atoms with Crippen LogP contribution in [-0.2, 0) is 6.54 Å². The van der Waals surface area contributed by atoms with E-state index in [0.29, 0.717) is 10.7 Å². The predicted octanol–water partition coefficient (Wildman–Crippen LogP) is 5.28. The lowest BCUT2D eigenvalue weighted by Crippen LogP contribution is -2.12. The van der Waals surface area contributed by atoms with Gasteiger partial charge in [0.05, 0.1) is 5.69 Å². The van der Waals surface area contributed by atoms with E-state index in [1.807, 2.05) is 37.4 Å². The third kappa shape index (κ3) is 3.63. The van der Waals surface area contributed by atoms with Gasteiger partial charge in [0.15, 0.2) is 5.13 Å². The molecule has 0 aliphatic carbocycles. The molecule has 0 atom stereocenters. The Hall–Kier alpha value is -2.66. The molecular weight excluding hydrogens is 342 g/mol. The first-order valence-electron chi connectivity index (χ1n) is 8.52. The van der Waals surface area contributed by atoms with Crippen molar-refractivity contribution in [2.24, 2.45) is 0 Å². The number of amides is 1. The minimum absolute atomic E-state index is 0.130. The minimum atomic E-state index is -0.130. The van der Waals surface area contributed by atoms with Crippen molar-refractivity contribution < 1.29 is 4.79 Å². The van der Waals surface area contributed by atoms with Gasteiger partial charge in [-0.3, -0.25) is 10.1 Å². The number of hydrogen-bond donors (Lipinski definition) is 1. The summed E-state index contributed by atoms with van der Waals surface area (Å²) in [7, 11) is 0. The van der Waals surface area contributed by atoms with Gasteiger partial charge in [-0.05, 0) is 45.9 Å². The second-order valence-electron chi connectivity index (χ2n) is 6.55. The van der Waals surface area contributed by atoms with Crippen LogP contribution in [0.1, 0.15) is 32.9 Å². The molecule has 0 saturated carbocycles. The summed E-state index contributed by atoms with van der Waals surface area (Å²) in [6, 6.07) is 7.96. The molecule has 1 amide bonds. The van der Waals surface area contributed by atoms with Gasteiger partial charge in [0, 0.05) is 34.4 Å². The smallest absolute Gasteiger partial charge is 0.257 e. The lowest BCUT2D eigenvalue weighted by atomic mass is 10.1. The van der Waals surface area contributed by atoms with Crippen LogP contribution < -0.4 is 5.32 Å². The number of carbonyl (C=O) groups is 1. The maximum Gasteiger partial charge on any atom is 0.257 e. The molecule has 0 aliphatic rings. The number of aryl methyl sites for hydroxylation is 3. The van der Waals surface area contributed by atoms with E-state index in [9.17, 15) is 4.79 Å². The number of benzene rings is 1. The SMILES string of the molecule is C=CCn1c(C)cc(-c2csc(NC(=O)c3cc(C)cc(C)c3)n2)c1C. The molecule has 3 rings (SSSR count). The van der Waals surface area contributed by atoms with Gasteiger partial charge in [-0.1, -0.05) is 23.3 Å². The van der Waals surface area contributed by atoms with Crippen LogP contribution in [0.4, 0.5) is 5.13 Å². The molecule has 0 radical (unpaired) electrons. The first-order valence-corrected chi connectivity index (χ1v) is 9.40. The molecule has 0 spiro atoms. The summed E-state index contributed by atoms with van der Waals surface area (Å²) >= 11 is 1.44. The fraction of sp³-hybridized carbons (Fsp3) is 0.238. The Morgan fingerprint density at radius 2 is 1.88 bits per heavy atom. The first-order chi connectivity index (χ1) is 12.4. The molecule has 0 aliphatic heterocycles. The van der Waals surface area contributed by atoms with Crippen molar-refractivity contribution in [2.75, 3.05) is 5.32 Å². The van der Waals surface area contributed by atoms with Crippen molar-refractivity contribution in [1.82, 2.24) is 9.55 Å². The molecule has 2 aromatic heterocycles. The zero-order chi connectivity index (χ0) is 18.8. The fourth-order valence-corrected chi connectivity index (χ4v) is 3.91. The van der Waals surface area contributed by atoms with Crippen molar-refractivity contribution in [2.45, 2.75) is 34.2 Å². The summed E-state index contributed by atoms with van der Waals surface area (Å²) in [5.74, 6) is -0.130. The zero-order valence-electron chi connectivity index (χ0n) is 15.6. The fourth-order valence-electron chi connectivity index (χ4n) is 3.20. The lowest BCUT2D eigenvalue weighted by Gasteiger charge is -2.06. The number of rotatable bonds is 5. The molecule has 4 nitrogen and oxygen atoms in total. The Kier molecular flexibility index (Phi) is 5.09.